The standard InChI is InChI=1S/C16H13ClN2/c1-11-7-9-13(10-8-11)16-14(17)15(18-19-16)12-5-3-2-4-6-12/h2-10H,1H3,(H,18,19). The van der Waals surface area contributed by atoms with E-state index in [-0.39, 0.29) is 0 Å². The third kappa shape index (κ3) is 2.27. The molecule has 3 aromatic rings. The van der Waals surface area contributed by atoms with Crippen LogP contribution in [0.15, 0.2) is 54.6 Å². The molecule has 3 rings (SSSR count). The summed E-state index contributed by atoms with van der Waals surface area (Å²) in [4.78, 5) is 0. The van der Waals surface area contributed by atoms with Gasteiger partial charge in [-0.1, -0.05) is 71.8 Å². The molecule has 1 N–H and O–H groups in total. The molecule has 2 nitrogen and oxygen atoms in total. The highest BCUT2D eigenvalue weighted by molar-refractivity contribution is 6.35. The Morgan fingerprint density at radius 1 is 0.895 bits per heavy atom. The van der Waals surface area contributed by atoms with Crippen LogP contribution in [0.25, 0.3) is 22.5 Å². The second-order valence-electron chi connectivity index (χ2n) is 4.49. The van der Waals surface area contributed by atoms with Crippen molar-refractivity contribution in [2.24, 2.45) is 0 Å². The summed E-state index contributed by atoms with van der Waals surface area (Å²) in [6.45, 7) is 2.06. The number of aromatic nitrogens is 2. The van der Waals surface area contributed by atoms with Crippen molar-refractivity contribution >= 4 is 11.6 Å². The van der Waals surface area contributed by atoms with Crippen molar-refractivity contribution < 1.29 is 0 Å². The van der Waals surface area contributed by atoms with Crippen molar-refractivity contribution in [3.8, 4) is 22.5 Å². The first-order valence-electron chi connectivity index (χ1n) is 6.12. The lowest BCUT2D eigenvalue weighted by Crippen LogP contribution is -1.79. The summed E-state index contributed by atoms with van der Waals surface area (Å²) in [7, 11) is 0. The topological polar surface area (TPSA) is 28.7 Å². The molecule has 0 bridgehead atoms. The summed E-state index contributed by atoms with van der Waals surface area (Å²) in [5, 5.41) is 8.02. The molecule has 3 heteroatoms. The first-order chi connectivity index (χ1) is 9.25. The molecular formula is C16H13ClN2. The summed E-state index contributed by atoms with van der Waals surface area (Å²) in [5.74, 6) is 0. The number of H-pyrrole nitrogens is 1. The summed E-state index contributed by atoms with van der Waals surface area (Å²) in [6, 6.07) is 18.2. The highest BCUT2D eigenvalue weighted by atomic mass is 35.5. The van der Waals surface area contributed by atoms with Crippen molar-refractivity contribution in [3.63, 3.8) is 0 Å². The van der Waals surface area contributed by atoms with Crippen LogP contribution < -0.4 is 0 Å². The molecule has 0 aliphatic rings. The van der Waals surface area contributed by atoms with Crippen molar-refractivity contribution in [2.75, 3.05) is 0 Å². The van der Waals surface area contributed by atoms with Gasteiger partial charge in [-0.2, -0.15) is 5.10 Å². The predicted molar refractivity (Wildman–Crippen MR) is 79.2 cm³/mol. The Kier molecular flexibility index (Phi) is 3.10. The molecule has 0 amide bonds. The Hall–Kier alpha value is -2.06. The van der Waals surface area contributed by atoms with E-state index in [1.807, 2.05) is 42.5 Å². The summed E-state index contributed by atoms with van der Waals surface area (Å²) in [5.41, 5.74) is 4.94. The van der Waals surface area contributed by atoms with Crippen LogP contribution in [0.4, 0.5) is 0 Å². The molecule has 0 spiro atoms. The van der Waals surface area contributed by atoms with Gasteiger partial charge in [-0.25, -0.2) is 0 Å². The van der Waals surface area contributed by atoms with Gasteiger partial charge in [0.1, 0.15) is 5.69 Å². The Bertz CT molecular complexity index is 685. The molecular weight excluding hydrogens is 256 g/mol. The minimum atomic E-state index is 0.662. The minimum absolute atomic E-state index is 0.662. The van der Waals surface area contributed by atoms with Crippen LogP contribution in [0.2, 0.25) is 5.02 Å². The zero-order valence-electron chi connectivity index (χ0n) is 10.5. The Balaban J connectivity index is 2.06. The number of benzene rings is 2. The van der Waals surface area contributed by atoms with Gasteiger partial charge >= 0.3 is 0 Å². The molecule has 0 saturated carbocycles. The van der Waals surface area contributed by atoms with E-state index in [1.165, 1.54) is 5.56 Å². The van der Waals surface area contributed by atoms with E-state index < -0.39 is 0 Å². The second kappa shape index (κ2) is 4.90. The van der Waals surface area contributed by atoms with E-state index in [1.54, 1.807) is 0 Å². The molecule has 0 unspecified atom stereocenters. The zero-order valence-corrected chi connectivity index (χ0v) is 11.3. The molecule has 1 heterocycles. The van der Waals surface area contributed by atoms with E-state index in [2.05, 4.69) is 29.3 Å². The van der Waals surface area contributed by atoms with Gasteiger partial charge in [-0.15, -0.1) is 0 Å². The van der Waals surface area contributed by atoms with Gasteiger partial charge in [0.15, 0.2) is 0 Å². The lowest BCUT2D eigenvalue weighted by molar-refractivity contribution is 1.10. The van der Waals surface area contributed by atoms with Gasteiger partial charge in [0.05, 0.1) is 10.7 Å². The number of hydrogen-bond donors (Lipinski definition) is 1. The number of hydrogen-bond acceptors (Lipinski definition) is 1. The lowest BCUT2D eigenvalue weighted by atomic mass is 10.1. The van der Waals surface area contributed by atoms with E-state index in [4.69, 9.17) is 11.6 Å². The average Bonchev–Trinajstić information content (AvgIpc) is 2.83. The number of rotatable bonds is 2. The average molecular weight is 269 g/mol. The van der Waals surface area contributed by atoms with Gasteiger partial charge in [-0.05, 0) is 6.92 Å². The largest absolute Gasteiger partial charge is 0.276 e. The first-order valence-corrected chi connectivity index (χ1v) is 6.50. The molecule has 0 radical (unpaired) electrons. The molecule has 0 aliphatic carbocycles. The lowest BCUT2D eigenvalue weighted by Gasteiger charge is -2.00. The molecule has 19 heavy (non-hydrogen) atoms. The number of halogens is 1. The van der Waals surface area contributed by atoms with Crippen LogP contribution in [0.3, 0.4) is 0 Å². The van der Waals surface area contributed by atoms with Gasteiger partial charge in [0.25, 0.3) is 0 Å². The normalized spacial score (nSPS) is 10.6. The third-order valence-corrected chi connectivity index (χ3v) is 3.46. The summed E-state index contributed by atoms with van der Waals surface area (Å²) in [6.07, 6.45) is 0. The van der Waals surface area contributed by atoms with Crippen LogP contribution in [-0.2, 0) is 0 Å². The molecule has 94 valence electrons. The predicted octanol–water partition coefficient (Wildman–Crippen LogP) is 4.71. The zero-order chi connectivity index (χ0) is 13.2. The maximum absolute atomic E-state index is 6.44. The maximum atomic E-state index is 6.44. The Morgan fingerprint density at radius 2 is 1.58 bits per heavy atom. The van der Waals surface area contributed by atoms with E-state index in [0.717, 1.165) is 22.5 Å². The van der Waals surface area contributed by atoms with Crippen molar-refractivity contribution in [2.45, 2.75) is 6.92 Å². The Morgan fingerprint density at radius 3 is 2.26 bits per heavy atom. The SMILES string of the molecule is Cc1ccc(-c2[nH]nc(-c3ccccc3)c2Cl)cc1. The maximum Gasteiger partial charge on any atom is 0.111 e. The molecule has 0 aliphatic heterocycles. The number of nitrogens with zero attached hydrogens (tertiary/aromatic N) is 1. The minimum Gasteiger partial charge on any atom is -0.276 e. The van der Waals surface area contributed by atoms with Crippen LogP contribution >= 0.6 is 11.6 Å². The number of aryl methyl sites for hydroxylation is 1. The smallest absolute Gasteiger partial charge is 0.111 e. The Labute approximate surface area is 117 Å². The fourth-order valence-corrected chi connectivity index (χ4v) is 2.33. The van der Waals surface area contributed by atoms with Crippen molar-refractivity contribution in [1.82, 2.24) is 10.2 Å². The van der Waals surface area contributed by atoms with E-state index in [0.29, 0.717) is 5.02 Å². The molecule has 0 fully saturated rings. The van der Waals surface area contributed by atoms with Gasteiger partial charge < -0.3 is 0 Å². The van der Waals surface area contributed by atoms with E-state index >= 15 is 0 Å². The van der Waals surface area contributed by atoms with Crippen molar-refractivity contribution in [1.29, 1.82) is 0 Å². The monoisotopic (exact) mass is 268 g/mol. The van der Waals surface area contributed by atoms with Crippen LogP contribution in [0.5, 0.6) is 0 Å². The van der Waals surface area contributed by atoms with Crippen LogP contribution in [0.1, 0.15) is 5.56 Å². The van der Waals surface area contributed by atoms with E-state index in [9.17, 15) is 0 Å². The molecule has 2 aromatic carbocycles. The molecule has 0 atom stereocenters. The fourth-order valence-electron chi connectivity index (χ4n) is 2.03. The van der Waals surface area contributed by atoms with Gasteiger partial charge in [0.2, 0.25) is 0 Å². The van der Waals surface area contributed by atoms with Crippen molar-refractivity contribution in [3.05, 3.63) is 65.2 Å². The summed E-state index contributed by atoms with van der Waals surface area (Å²) >= 11 is 6.44. The van der Waals surface area contributed by atoms with Gasteiger partial charge in [-0.3, -0.25) is 5.10 Å². The highest BCUT2D eigenvalue weighted by Gasteiger charge is 2.13. The number of nitrogens with one attached hydrogen (secondary N) is 1. The van der Waals surface area contributed by atoms with Crippen LogP contribution in [-0.4, -0.2) is 10.2 Å². The van der Waals surface area contributed by atoms with Gasteiger partial charge in [0, 0.05) is 11.1 Å². The fraction of sp³-hybridized carbons (Fsp3) is 0.0625. The first kappa shape index (κ1) is 12.0. The molecule has 0 saturated heterocycles. The number of aromatic amines is 1. The highest BCUT2D eigenvalue weighted by Crippen LogP contribution is 2.34. The third-order valence-electron chi connectivity index (χ3n) is 3.09. The van der Waals surface area contributed by atoms with Crippen LogP contribution in [0, 0.1) is 6.92 Å². The molecule has 1 aromatic heterocycles. The quantitative estimate of drug-likeness (QED) is 0.717. The summed E-state index contributed by atoms with van der Waals surface area (Å²) < 4.78 is 0. The second-order valence-corrected chi connectivity index (χ2v) is 4.87.